The highest BCUT2D eigenvalue weighted by Gasteiger charge is 2.55. The minimum atomic E-state index is 0.0680. The van der Waals surface area contributed by atoms with Crippen LogP contribution in [0.4, 0.5) is 0 Å². The second kappa shape index (κ2) is 6.90. The molecule has 27 heavy (non-hydrogen) atoms. The number of allylic oxidation sites excluding steroid dienone is 1. The molecule has 0 unspecified atom stereocenters. The normalized spacial score (nSPS) is 45.0. The number of rotatable bonds is 2. The summed E-state index contributed by atoms with van der Waals surface area (Å²) in [5.74, 6) is 1.90. The molecule has 0 radical (unpaired) electrons. The van der Waals surface area contributed by atoms with Gasteiger partial charge in [0, 0.05) is 19.0 Å². The van der Waals surface area contributed by atoms with E-state index in [2.05, 4.69) is 39.2 Å². The van der Waals surface area contributed by atoms with Crippen LogP contribution in [0.15, 0.2) is 12.2 Å². The van der Waals surface area contributed by atoms with Crippen LogP contribution in [0.3, 0.4) is 0 Å². The first kappa shape index (κ1) is 19.5. The fourth-order valence-corrected chi connectivity index (χ4v) is 7.10. The predicted octanol–water partition coefficient (Wildman–Crippen LogP) is 5.06. The lowest BCUT2D eigenvalue weighted by atomic mass is 9.55. The highest BCUT2D eigenvalue weighted by atomic mass is 16.6. The largest absolute Gasteiger partial charge is 0.462 e. The Hall–Kier alpha value is -0.830. The van der Waals surface area contributed by atoms with Crippen LogP contribution in [0.25, 0.3) is 0 Å². The lowest BCUT2D eigenvalue weighted by Gasteiger charge is -2.50. The van der Waals surface area contributed by atoms with E-state index in [1.807, 2.05) is 0 Å². The lowest BCUT2D eigenvalue weighted by Crippen LogP contribution is -2.46. The molecule has 2 aliphatic heterocycles. The Kier molecular flexibility index (Phi) is 4.98. The van der Waals surface area contributed by atoms with Gasteiger partial charge in [0.2, 0.25) is 0 Å². The fourth-order valence-electron chi connectivity index (χ4n) is 7.10. The molecule has 2 aliphatic carbocycles. The molecule has 0 aromatic rings. The van der Waals surface area contributed by atoms with Gasteiger partial charge < -0.3 is 9.64 Å². The highest BCUT2D eigenvalue weighted by Crippen LogP contribution is 2.57. The summed E-state index contributed by atoms with van der Waals surface area (Å²) in [6.45, 7) is 17.1. The van der Waals surface area contributed by atoms with Gasteiger partial charge in [-0.1, -0.05) is 39.8 Å². The Labute approximate surface area is 165 Å². The number of ether oxygens (including phenoxy) is 1. The fraction of sp³-hybridized carbons (Fsp3) is 0.875. The van der Waals surface area contributed by atoms with E-state index in [1.165, 1.54) is 37.7 Å². The molecule has 152 valence electrons. The highest BCUT2D eigenvalue weighted by molar-refractivity contribution is 5.75. The molecular weight excluding hydrogens is 334 g/mol. The molecule has 3 heteroatoms. The molecule has 4 rings (SSSR count). The number of nitrogens with zero attached hydrogens (tertiary/aromatic N) is 1. The van der Waals surface area contributed by atoms with E-state index in [9.17, 15) is 4.79 Å². The van der Waals surface area contributed by atoms with E-state index < -0.39 is 0 Å². The summed E-state index contributed by atoms with van der Waals surface area (Å²) in [5, 5.41) is 0. The third-order valence-electron chi connectivity index (χ3n) is 8.27. The van der Waals surface area contributed by atoms with Gasteiger partial charge in [-0.15, -0.1) is 0 Å². The maximum atomic E-state index is 12.8. The van der Waals surface area contributed by atoms with Crippen LogP contribution in [0, 0.1) is 34.5 Å². The first-order chi connectivity index (χ1) is 12.7. The Morgan fingerprint density at radius 1 is 1.26 bits per heavy atom. The third kappa shape index (κ3) is 3.73. The van der Waals surface area contributed by atoms with Crippen LogP contribution in [0.2, 0.25) is 0 Å². The zero-order chi connectivity index (χ0) is 19.4. The number of carbonyl (C=O) groups excluding carboxylic acids is 1. The van der Waals surface area contributed by atoms with Crippen molar-refractivity contribution < 1.29 is 9.53 Å². The molecular formula is C24H39NO2. The van der Waals surface area contributed by atoms with Crippen LogP contribution >= 0.6 is 0 Å². The minimum absolute atomic E-state index is 0.0680. The van der Waals surface area contributed by atoms with E-state index in [4.69, 9.17) is 4.74 Å². The topological polar surface area (TPSA) is 29.5 Å². The number of likely N-dealkylation sites (tertiary alicyclic amines) is 1. The molecule has 2 heterocycles. The summed E-state index contributed by atoms with van der Waals surface area (Å²) >= 11 is 0. The van der Waals surface area contributed by atoms with Crippen molar-refractivity contribution in [3.8, 4) is 0 Å². The van der Waals surface area contributed by atoms with Crippen molar-refractivity contribution >= 4 is 5.97 Å². The average molecular weight is 374 g/mol. The molecule has 4 aliphatic rings. The molecule has 6 atom stereocenters. The molecule has 0 spiro atoms. The van der Waals surface area contributed by atoms with Crippen molar-refractivity contribution in [2.75, 3.05) is 19.6 Å². The summed E-state index contributed by atoms with van der Waals surface area (Å²) in [6, 6.07) is 0. The van der Waals surface area contributed by atoms with E-state index >= 15 is 0 Å². The summed E-state index contributed by atoms with van der Waals surface area (Å²) in [4.78, 5) is 15.4. The van der Waals surface area contributed by atoms with Gasteiger partial charge in [-0.05, 0) is 74.2 Å². The maximum Gasteiger partial charge on any atom is 0.310 e. The van der Waals surface area contributed by atoms with Gasteiger partial charge in [0.1, 0.15) is 6.10 Å². The average Bonchev–Trinajstić information content (AvgIpc) is 2.76. The first-order valence-corrected chi connectivity index (χ1v) is 11.3. The van der Waals surface area contributed by atoms with Gasteiger partial charge in [-0.3, -0.25) is 4.79 Å². The van der Waals surface area contributed by atoms with Crippen LogP contribution in [0.1, 0.15) is 72.6 Å². The number of fused-ring (bicyclic) bond motifs is 2. The zero-order valence-electron chi connectivity index (χ0n) is 17.9. The maximum absolute atomic E-state index is 12.8. The van der Waals surface area contributed by atoms with E-state index in [0.717, 1.165) is 38.4 Å². The third-order valence-corrected chi connectivity index (χ3v) is 8.27. The van der Waals surface area contributed by atoms with Gasteiger partial charge >= 0.3 is 5.97 Å². The van der Waals surface area contributed by atoms with E-state index in [0.29, 0.717) is 22.7 Å². The molecule has 2 saturated carbocycles. The minimum Gasteiger partial charge on any atom is -0.462 e. The van der Waals surface area contributed by atoms with Crippen LogP contribution in [-0.2, 0) is 9.53 Å². The number of carbonyl (C=O) groups is 1. The quantitative estimate of drug-likeness (QED) is 0.500. The molecule has 4 fully saturated rings. The summed E-state index contributed by atoms with van der Waals surface area (Å²) in [7, 11) is 0. The summed E-state index contributed by atoms with van der Waals surface area (Å²) in [5.41, 5.74) is 2.07. The van der Waals surface area contributed by atoms with Crippen molar-refractivity contribution in [1.82, 2.24) is 4.90 Å². The second-order valence-corrected chi connectivity index (χ2v) is 11.4. The molecule has 0 bridgehead atoms. The smallest absolute Gasteiger partial charge is 0.310 e. The van der Waals surface area contributed by atoms with Gasteiger partial charge in [0.15, 0.2) is 0 Å². The molecule has 0 amide bonds. The van der Waals surface area contributed by atoms with Gasteiger partial charge in [0.05, 0.1) is 5.92 Å². The zero-order valence-corrected chi connectivity index (χ0v) is 17.9. The van der Waals surface area contributed by atoms with Crippen molar-refractivity contribution in [3.05, 3.63) is 12.2 Å². The Balaban J connectivity index is 1.49. The van der Waals surface area contributed by atoms with Gasteiger partial charge in [-0.2, -0.15) is 0 Å². The number of hydrogen-bond donors (Lipinski definition) is 0. The Bertz CT molecular complexity index is 612. The predicted molar refractivity (Wildman–Crippen MR) is 109 cm³/mol. The summed E-state index contributed by atoms with van der Waals surface area (Å²) < 4.78 is 5.98. The van der Waals surface area contributed by atoms with Crippen molar-refractivity contribution in [2.24, 2.45) is 34.5 Å². The molecule has 0 aromatic heterocycles. The monoisotopic (exact) mass is 373 g/mol. The SMILES string of the molecule is C=C1CCC[C@]2(C)C[C@H]3OC(=O)[C@H](CN4CC[C@@H](C)CC(C)(C)C4)[C@H]3C[C@@H]12. The van der Waals surface area contributed by atoms with Gasteiger partial charge in [-0.25, -0.2) is 0 Å². The van der Waals surface area contributed by atoms with Gasteiger partial charge in [0.25, 0.3) is 0 Å². The number of hydrogen-bond acceptors (Lipinski definition) is 3. The Morgan fingerprint density at radius 2 is 2.04 bits per heavy atom. The number of esters is 1. The molecule has 0 N–H and O–H groups in total. The van der Waals surface area contributed by atoms with E-state index in [1.54, 1.807) is 0 Å². The van der Waals surface area contributed by atoms with E-state index in [-0.39, 0.29) is 18.0 Å². The lowest BCUT2D eigenvalue weighted by molar-refractivity contribution is -0.146. The van der Waals surface area contributed by atoms with Crippen molar-refractivity contribution in [2.45, 2.75) is 78.7 Å². The van der Waals surface area contributed by atoms with Crippen LogP contribution in [0.5, 0.6) is 0 Å². The van der Waals surface area contributed by atoms with Crippen molar-refractivity contribution in [3.63, 3.8) is 0 Å². The van der Waals surface area contributed by atoms with Crippen LogP contribution in [-0.4, -0.2) is 36.6 Å². The Morgan fingerprint density at radius 3 is 2.81 bits per heavy atom. The summed E-state index contributed by atoms with van der Waals surface area (Å²) in [6.07, 6.45) is 8.53. The van der Waals surface area contributed by atoms with Crippen LogP contribution < -0.4 is 0 Å². The molecule has 2 saturated heterocycles. The molecule has 0 aromatic carbocycles. The molecule has 3 nitrogen and oxygen atoms in total. The van der Waals surface area contributed by atoms with Crippen molar-refractivity contribution in [1.29, 1.82) is 0 Å². The standard InChI is InChI=1S/C24H39NO2/c1-16-8-10-25(15-23(3,4)12-16)14-19-18-11-20-17(2)7-6-9-24(20,5)13-21(18)27-22(19)26/h16,18-21H,2,6-15H2,1,3-5H3/t16-,18-,19-,20+,21-,24-/m1/s1. The second-order valence-electron chi connectivity index (χ2n) is 11.4. The first-order valence-electron chi connectivity index (χ1n) is 11.3.